The molecule has 1 heterocycles. The molecule has 0 spiro atoms. The van der Waals surface area contributed by atoms with Crippen LogP contribution in [-0.2, 0) is 4.79 Å². The molecule has 0 atom stereocenters. The maximum absolute atomic E-state index is 12.1. The first kappa shape index (κ1) is 18.5. The number of benzene rings is 2. The highest BCUT2D eigenvalue weighted by Crippen LogP contribution is 2.32. The van der Waals surface area contributed by atoms with Gasteiger partial charge in [-0.3, -0.25) is 14.9 Å². The van der Waals surface area contributed by atoms with Crippen LogP contribution in [-0.4, -0.2) is 27.7 Å². The highest BCUT2D eigenvalue weighted by molar-refractivity contribution is 8.18. The number of rotatable bonds is 5. The summed E-state index contributed by atoms with van der Waals surface area (Å²) in [6.07, 6.45) is 1.39. The molecular weight excluding hydrogens is 370 g/mol. The number of hydrogen-bond acceptors (Lipinski definition) is 7. The van der Waals surface area contributed by atoms with Crippen LogP contribution in [0.5, 0.6) is 11.5 Å². The molecule has 0 unspecified atom stereocenters. The number of aromatic hydroxyl groups is 1. The zero-order chi connectivity index (χ0) is 19.4. The van der Waals surface area contributed by atoms with E-state index in [2.05, 4.69) is 10.3 Å². The molecule has 0 aromatic heterocycles. The standard InChI is InChI=1S/C18H15N3O5S/c1-2-26-14-6-3-12(4-7-14)19-18-20-17(23)16(27-18)10-11-9-13(21(24)25)5-8-15(11)22/h3-10,22H,2H2,1H3,(H,19,20,23)/b16-10-. The van der Waals surface area contributed by atoms with Crippen LogP contribution in [0.1, 0.15) is 12.5 Å². The van der Waals surface area contributed by atoms with Crippen molar-refractivity contribution in [1.29, 1.82) is 0 Å². The van der Waals surface area contributed by atoms with Crippen molar-refractivity contribution in [1.82, 2.24) is 5.32 Å². The second kappa shape index (κ2) is 7.92. The van der Waals surface area contributed by atoms with E-state index < -0.39 is 10.8 Å². The van der Waals surface area contributed by atoms with Gasteiger partial charge in [0.25, 0.3) is 11.6 Å². The van der Waals surface area contributed by atoms with E-state index in [0.29, 0.717) is 17.5 Å². The lowest BCUT2D eigenvalue weighted by molar-refractivity contribution is -0.384. The van der Waals surface area contributed by atoms with Gasteiger partial charge in [-0.25, -0.2) is 4.99 Å². The van der Waals surface area contributed by atoms with E-state index in [9.17, 15) is 20.0 Å². The van der Waals surface area contributed by atoms with Crippen LogP contribution in [0.15, 0.2) is 52.4 Å². The second-order valence-electron chi connectivity index (χ2n) is 5.41. The minimum atomic E-state index is -0.567. The van der Waals surface area contributed by atoms with Crippen LogP contribution in [0.2, 0.25) is 0 Å². The number of nitrogens with zero attached hydrogens (tertiary/aromatic N) is 2. The molecule has 1 fully saturated rings. The molecule has 2 aromatic rings. The highest BCUT2D eigenvalue weighted by atomic mass is 32.2. The molecule has 0 aliphatic carbocycles. The minimum Gasteiger partial charge on any atom is -0.507 e. The van der Waals surface area contributed by atoms with Gasteiger partial charge in [-0.15, -0.1) is 0 Å². The number of amides is 1. The van der Waals surface area contributed by atoms with E-state index in [-0.39, 0.29) is 21.9 Å². The third kappa shape index (κ3) is 4.45. The zero-order valence-electron chi connectivity index (χ0n) is 14.2. The summed E-state index contributed by atoms with van der Waals surface area (Å²) in [4.78, 5) is 27.1. The maximum atomic E-state index is 12.1. The lowest BCUT2D eigenvalue weighted by Crippen LogP contribution is -2.19. The fourth-order valence-corrected chi connectivity index (χ4v) is 3.13. The Kier molecular flexibility index (Phi) is 5.41. The Morgan fingerprint density at radius 2 is 2.04 bits per heavy atom. The number of amidine groups is 1. The van der Waals surface area contributed by atoms with E-state index in [0.717, 1.165) is 17.5 Å². The molecule has 9 heteroatoms. The second-order valence-corrected chi connectivity index (χ2v) is 6.44. The van der Waals surface area contributed by atoms with Crippen LogP contribution in [0, 0.1) is 10.1 Å². The molecular formula is C18H15N3O5S. The topological polar surface area (TPSA) is 114 Å². The van der Waals surface area contributed by atoms with Crippen molar-refractivity contribution in [2.45, 2.75) is 6.92 Å². The maximum Gasteiger partial charge on any atom is 0.270 e. The van der Waals surface area contributed by atoms with Crippen molar-refractivity contribution < 1.29 is 19.6 Å². The molecule has 2 N–H and O–H groups in total. The summed E-state index contributed by atoms with van der Waals surface area (Å²) >= 11 is 1.08. The molecule has 0 bridgehead atoms. The Balaban J connectivity index is 1.82. The zero-order valence-corrected chi connectivity index (χ0v) is 15.0. The van der Waals surface area contributed by atoms with E-state index in [1.807, 2.05) is 6.92 Å². The predicted molar refractivity (Wildman–Crippen MR) is 103 cm³/mol. The molecule has 0 radical (unpaired) electrons. The quantitative estimate of drug-likeness (QED) is 0.462. The first-order chi connectivity index (χ1) is 13.0. The number of carbonyl (C=O) groups excluding carboxylic acids is 1. The van der Waals surface area contributed by atoms with Crippen molar-refractivity contribution in [3.05, 3.63) is 63.0 Å². The SMILES string of the molecule is CCOc1ccc(N=C2NC(=O)/C(=C/c3cc([N+](=O)[O-])ccc3O)S2)cc1. The van der Waals surface area contributed by atoms with Crippen molar-refractivity contribution in [2.75, 3.05) is 6.61 Å². The molecule has 27 heavy (non-hydrogen) atoms. The first-order valence-corrected chi connectivity index (χ1v) is 8.78. The lowest BCUT2D eigenvalue weighted by Gasteiger charge is -2.02. The lowest BCUT2D eigenvalue weighted by atomic mass is 10.1. The normalized spacial score (nSPS) is 16.6. The van der Waals surface area contributed by atoms with Crippen LogP contribution in [0.25, 0.3) is 6.08 Å². The Hall–Kier alpha value is -3.33. The molecule has 1 aliphatic rings. The van der Waals surface area contributed by atoms with Crippen LogP contribution in [0.4, 0.5) is 11.4 Å². The number of nitro benzene ring substituents is 1. The Bertz CT molecular complexity index is 954. The number of nitrogens with one attached hydrogen (secondary N) is 1. The van der Waals surface area contributed by atoms with Crippen molar-refractivity contribution in [3.8, 4) is 11.5 Å². The molecule has 138 valence electrons. The Labute approximate surface area is 158 Å². The summed E-state index contributed by atoms with van der Waals surface area (Å²) in [5, 5.41) is 23.8. The number of nitro groups is 1. The average Bonchev–Trinajstić information content (AvgIpc) is 2.97. The fraction of sp³-hybridized carbons (Fsp3) is 0.111. The van der Waals surface area contributed by atoms with Gasteiger partial charge in [0.05, 0.1) is 22.1 Å². The van der Waals surface area contributed by atoms with Gasteiger partial charge in [0.1, 0.15) is 11.5 Å². The molecule has 1 aliphatic heterocycles. The third-order valence-corrected chi connectivity index (χ3v) is 4.45. The van der Waals surface area contributed by atoms with Gasteiger partial charge < -0.3 is 15.2 Å². The number of ether oxygens (including phenoxy) is 1. The number of phenols is 1. The number of thioether (sulfide) groups is 1. The summed E-state index contributed by atoms with van der Waals surface area (Å²) in [5.41, 5.74) is 0.649. The Morgan fingerprint density at radius 3 is 2.70 bits per heavy atom. The molecule has 1 amide bonds. The number of hydrogen-bond donors (Lipinski definition) is 2. The molecule has 3 rings (SSSR count). The minimum absolute atomic E-state index is 0.154. The van der Waals surface area contributed by atoms with Gasteiger partial charge in [0.2, 0.25) is 0 Å². The highest BCUT2D eigenvalue weighted by Gasteiger charge is 2.24. The van der Waals surface area contributed by atoms with Gasteiger partial charge in [-0.05, 0) is 55.1 Å². The third-order valence-electron chi connectivity index (χ3n) is 3.54. The molecule has 8 nitrogen and oxygen atoms in total. The Morgan fingerprint density at radius 1 is 1.30 bits per heavy atom. The summed E-state index contributed by atoms with van der Waals surface area (Å²) < 4.78 is 5.36. The number of carbonyl (C=O) groups is 1. The van der Waals surface area contributed by atoms with Gasteiger partial charge in [0, 0.05) is 17.7 Å². The van der Waals surface area contributed by atoms with Crippen LogP contribution < -0.4 is 10.1 Å². The van der Waals surface area contributed by atoms with E-state index in [1.54, 1.807) is 24.3 Å². The average molecular weight is 385 g/mol. The summed E-state index contributed by atoms with van der Waals surface area (Å²) in [5.74, 6) is 0.181. The summed E-state index contributed by atoms with van der Waals surface area (Å²) in [6.45, 7) is 2.46. The van der Waals surface area contributed by atoms with Crippen molar-refractivity contribution >= 4 is 40.3 Å². The fourth-order valence-electron chi connectivity index (χ4n) is 2.29. The van der Waals surface area contributed by atoms with E-state index in [4.69, 9.17) is 4.74 Å². The molecule has 1 saturated heterocycles. The van der Waals surface area contributed by atoms with E-state index in [1.165, 1.54) is 24.3 Å². The predicted octanol–water partition coefficient (Wildman–Crippen LogP) is 3.59. The molecule has 0 saturated carbocycles. The number of phenolic OH excluding ortho intramolecular Hbond substituents is 1. The number of non-ortho nitro benzene ring substituents is 1. The first-order valence-electron chi connectivity index (χ1n) is 7.96. The van der Waals surface area contributed by atoms with Crippen molar-refractivity contribution in [3.63, 3.8) is 0 Å². The van der Waals surface area contributed by atoms with Gasteiger partial charge >= 0.3 is 0 Å². The van der Waals surface area contributed by atoms with Crippen LogP contribution in [0.3, 0.4) is 0 Å². The van der Waals surface area contributed by atoms with Crippen LogP contribution >= 0.6 is 11.8 Å². The van der Waals surface area contributed by atoms with Gasteiger partial charge in [-0.2, -0.15) is 0 Å². The van der Waals surface area contributed by atoms with Gasteiger partial charge in [0.15, 0.2) is 5.17 Å². The van der Waals surface area contributed by atoms with E-state index >= 15 is 0 Å². The molecule has 2 aromatic carbocycles. The van der Waals surface area contributed by atoms with Gasteiger partial charge in [-0.1, -0.05) is 0 Å². The van der Waals surface area contributed by atoms with Crippen molar-refractivity contribution in [2.24, 2.45) is 4.99 Å². The smallest absolute Gasteiger partial charge is 0.270 e. The largest absolute Gasteiger partial charge is 0.507 e. The number of aliphatic imine (C=N–C) groups is 1. The summed E-state index contributed by atoms with van der Waals surface area (Å²) in [6, 6.07) is 10.7. The monoisotopic (exact) mass is 385 g/mol. The summed E-state index contributed by atoms with van der Waals surface area (Å²) in [7, 11) is 0.